The maximum Gasteiger partial charge on any atom is 0.186 e. The van der Waals surface area contributed by atoms with Gasteiger partial charge in [0.1, 0.15) is 5.69 Å². The molecule has 0 atom stereocenters. The standard InChI is InChI=1S/C10H10N4O/c1-14-9(7-12-13-14)10(15)6-8-2-4-11-5-3-8/h2-5,7H,6H2,1H3. The van der Waals surface area contributed by atoms with Crippen molar-refractivity contribution >= 4 is 5.78 Å². The van der Waals surface area contributed by atoms with Crippen LogP contribution in [0.3, 0.4) is 0 Å². The van der Waals surface area contributed by atoms with Gasteiger partial charge in [-0.15, -0.1) is 5.10 Å². The highest BCUT2D eigenvalue weighted by molar-refractivity contribution is 5.95. The number of hydrogen-bond donors (Lipinski definition) is 0. The Kier molecular flexibility index (Phi) is 2.53. The van der Waals surface area contributed by atoms with E-state index < -0.39 is 0 Å². The van der Waals surface area contributed by atoms with Crippen molar-refractivity contribution in [2.75, 3.05) is 0 Å². The van der Waals surface area contributed by atoms with E-state index in [1.807, 2.05) is 12.1 Å². The van der Waals surface area contributed by atoms with E-state index in [1.54, 1.807) is 19.4 Å². The lowest BCUT2D eigenvalue weighted by molar-refractivity contribution is 0.0984. The van der Waals surface area contributed by atoms with E-state index in [-0.39, 0.29) is 5.78 Å². The predicted octanol–water partition coefficient (Wildman–Crippen LogP) is 0.635. The third-order valence-corrected chi connectivity index (χ3v) is 2.11. The second kappa shape index (κ2) is 4.00. The van der Waals surface area contributed by atoms with Crippen LogP contribution < -0.4 is 0 Å². The zero-order chi connectivity index (χ0) is 10.7. The van der Waals surface area contributed by atoms with Crippen molar-refractivity contribution in [3.05, 3.63) is 42.0 Å². The van der Waals surface area contributed by atoms with Gasteiger partial charge in [-0.05, 0) is 17.7 Å². The smallest absolute Gasteiger partial charge is 0.186 e. The molecule has 0 radical (unpaired) electrons. The molecule has 5 heteroatoms. The maximum absolute atomic E-state index is 11.8. The van der Waals surface area contributed by atoms with Gasteiger partial charge in [-0.2, -0.15) is 0 Å². The number of carbonyl (C=O) groups is 1. The number of hydrogen-bond acceptors (Lipinski definition) is 4. The van der Waals surface area contributed by atoms with Crippen molar-refractivity contribution in [2.45, 2.75) is 6.42 Å². The zero-order valence-corrected chi connectivity index (χ0v) is 8.29. The summed E-state index contributed by atoms with van der Waals surface area (Å²) in [6.07, 6.45) is 5.17. The molecule has 0 aromatic carbocycles. The molecule has 0 aliphatic heterocycles. The van der Waals surface area contributed by atoms with Gasteiger partial charge >= 0.3 is 0 Å². The van der Waals surface area contributed by atoms with Crippen LogP contribution in [-0.2, 0) is 13.5 Å². The second-order valence-corrected chi connectivity index (χ2v) is 3.20. The number of nitrogens with zero attached hydrogens (tertiary/aromatic N) is 4. The minimum Gasteiger partial charge on any atom is -0.292 e. The molecule has 2 aromatic heterocycles. The van der Waals surface area contributed by atoms with Crippen molar-refractivity contribution in [1.82, 2.24) is 20.0 Å². The zero-order valence-electron chi connectivity index (χ0n) is 8.29. The van der Waals surface area contributed by atoms with Crippen LogP contribution in [0.15, 0.2) is 30.7 Å². The number of aryl methyl sites for hydroxylation is 1. The Morgan fingerprint density at radius 1 is 1.40 bits per heavy atom. The number of carbonyl (C=O) groups excluding carboxylic acids is 1. The number of Topliss-reactive ketones (excluding diaryl/α,β-unsaturated/α-hetero) is 1. The second-order valence-electron chi connectivity index (χ2n) is 3.20. The molecule has 2 aromatic rings. The Balaban J connectivity index is 2.15. The highest BCUT2D eigenvalue weighted by Crippen LogP contribution is 2.04. The van der Waals surface area contributed by atoms with E-state index in [0.29, 0.717) is 12.1 Å². The summed E-state index contributed by atoms with van der Waals surface area (Å²) in [5, 5.41) is 7.38. The van der Waals surface area contributed by atoms with Gasteiger partial charge in [0, 0.05) is 25.9 Å². The summed E-state index contributed by atoms with van der Waals surface area (Å²) in [5.74, 6) is 0.00806. The van der Waals surface area contributed by atoms with E-state index in [1.165, 1.54) is 10.9 Å². The normalized spacial score (nSPS) is 10.2. The molecule has 0 amide bonds. The lowest BCUT2D eigenvalue weighted by Crippen LogP contribution is -2.09. The molecular weight excluding hydrogens is 192 g/mol. The van der Waals surface area contributed by atoms with Crippen LogP contribution in [0.5, 0.6) is 0 Å². The van der Waals surface area contributed by atoms with E-state index >= 15 is 0 Å². The monoisotopic (exact) mass is 202 g/mol. The first kappa shape index (κ1) is 9.51. The molecular formula is C10H10N4O. The van der Waals surface area contributed by atoms with Gasteiger partial charge in [0.25, 0.3) is 0 Å². The van der Waals surface area contributed by atoms with Gasteiger partial charge in [0.05, 0.1) is 6.20 Å². The first-order valence-electron chi connectivity index (χ1n) is 4.54. The van der Waals surface area contributed by atoms with Crippen LogP contribution in [0, 0.1) is 0 Å². The molecule has 0 saturated heterocycles. The highest BCUT2D eigenvalue weighted by Gasteiger charge is 2.11. The van der Waals surface area contributed by atoms with Crippen molar-refractivity contribution in [3.8, 4) is 0 Å². The number of pyridine rings is 1. The SMILES string of the molecule is Cn1nncc1C(=O)Cc1ccncc1. The van der Waals surface area contributed by atoms with Gasteiger partial charge in [-0.3, -0.25) is 9.78 Å². The molecule has 2 rings (SSSR count). The molecule has 0 aliphatic rings. The summed E-state index contributed by atoms with van der Waals surface area (Å²) in [6, 6.07) is 3.64. The van der Waals surface area contributed by atoms with Crippen LogP contribution >= 0.6 is 0 Å². The summed E-state index contributed by atoms with van der Waals surface area (Å²) >= 11 is 0. The van der Waals surface area contributed by atoms with Crippen LogP contribution in [-0.4, -0.2) is 25.8 Å². The van der Waals surface area contributed by atoms with E-state index in [4.69, 9.17) is 0 Å². The topological polar surface area (TPSA) is 60.7 Å². The minimum atomic E-state index is 0.00806. The Labute approximate surface area is 86.8 Å². The molecule has 0 fully saturated rings. The van der Waals surface area contributed by atoms with Crippen LogP contribution in [0.25, 0.3) is 0 Å². The van der Waals surface area contributed by atoms with Crippen molar-refractivity contribution in [1.29, 1.82) is 0 Å². The fraction of sp³-hybridized carbons (Fsp3) is 0.200. The molecule has 76 valence electrons. The Hall–Kier alpha value is -2.04. The summed E-state index contributed by atoms with van der Waals surface area (Å²) in [7, 11) is 1.70. The molecule has 0 N–H and O–H groups in total. The molecule has 5 nitrogen and oxygen atoms in total. The maximum atomic E-state index is 11.8. The Bertz CT molecular complexity index is 463. The van der Waals surface area contributed by atoms with E-state index in [9.17, 15) is 4.79 Å². The van der Waals surface area contributed by atoms with Crippen LogP contribution in [0.1, 0.15) is 16.1 Å². The van der Waals surface area contributed by atoms with Gasteiger partial charge in [-0.1, -0.05) is 5.21 Å². The quantitative estimate of drug-likeness (QED) is 0.685. The fourth-order valence-corrected chi connectivity index (χ4v) is 1.32. The van der Waals surface area contributed by atoms with Gasteiger partial charge in [0.2, 0.25) is 0 Å². The van der Waals surface area contributed by atoms with Gasteiger partial charge < -0.3 is 0 Å². The molecule has 0 bridgehead atoms. The van der Waals surface area contributed by atoms with Crippen molar-refractivity contribution in [3.63, 3.8) is 0 Å². The van der Waals surface area contributed by atoms with Crippen molar-refractivity contribution in [2.24, 2.45) is 7.05 Å². The third-order valence-electron chi connectivity index (χ3n) is 2.11. The molecule has 0 spiro atoms. The fourth-order valence-electron chi connectivity index (χ4n) is 1.32. The van der Waals surface area contributed by atoms with Gasteiger partial charge in [0.15, 0.2) is 5.78 Å². The first-order chi connectivity index (χ1) is 7.27. The Morgan fingerprint density at radius 2 is 2.13 bits per heavy atom. The van der Waals surface area contributed by atoms with Crippen LogP contribution in [0.2, 0.25) is 0 Å². The molecule has 0 aliphatic carbocycles. The van der Waals surface area contributed by atoms with Crippen LogP contribution in [0.4, 0.5) is 0 Å². The first-order valence-corrected chi connectivity index (χ1v) is 4.54. The lowest BCUT2D eigenvalue weighted by atomic mass is 10.1. The van der Waals surface area contributed by atoms with Crippen molar-refractivity contribution < 1.29 is 4.79 Å². The highest BCUT2D eigenvalue weighted by atomic mass is 16.1. The Morgan fingerprint density at radius 3 is 2.73 bits per heavy atom. The van der Waals surface area contributed by atoms with E-state index in [2.05, 4.69) is 15.3 Å². The summed E-state index contributed by atoms with van der Waals surface area (Å²) in [5.41, 5.74) is 1.46. The lowest BCUT2D eigenvalue weighted by Gasteiger charge is -1.99. The summed E-state index contributed by atoms with van der Waals surface area (Å²) in [6.45, 7) is 0. The average Bonchev–Trinajstić information content (AvgIpc) is 2.66. The van der Waals surface area contributed by atoms with E-state index in [0.717, 1.165) is 5.56 Å². The molecule has 0 saturated carbocycles. The number of rotatable bonds is 3. The third kappa shape index (κ3) is 2.07. The van der Waals surface area contributed by atoms with Gasteiger partial charge in [-0.25, -0.2) is 4.68 Å². The number of aromatic nitrogens is 4. The summed E-state index contributed by atoms with van der Waals surface area (Å²) < 4.78 is 1.48. The number of ketones is 1. The summed E-state index contributed by atoms with van der Waals surface area (Å²) in [4.78, 5) is 15.7. The minimum absolute atomic E-state index is 0.00806. The largest absolute Gasteiger partial charge is 0.292 e. The predicted molar refractivity (Wildman–Crippen MR) is 53.3 cm³/mol. The average molecular weight is 202 g/mol. The molecule has 2 heterocycles. The molecule has 0 unspecified atom stereocenters. The molecule has 15 heavy (non-hydrogen) atoms.